The first-order valence-corrected chi connectivity index (χ1v) is 20.9. The molecule has 2 amide bonds. The van der Waals surface area contributed by atoms with Crippen LogP contribution in [0.15, 0.2) is 48.5 Å². The molecule has 17 nitrogen and oxygen atoms in total. The van der Waals surface area contributed by atoms with Crippen LogP contribution in [0.1, 0.15) is 116 Å². The van der Waals surface area contributed by atoms with Crippen molar-refractivity contribution in [3.05, 3.63) is 93.6 Å². The van der Waals surface area contributed by atoms with Crippen molar-refractivity contribution in [1.29, 1.82) is 0 Å². The Morgan fingerprint density at radius 2 is 1.13 bits per heavy atom. The minimum atomic E-state index is -1.13. The van der Waals surface area contributed by atoms with Gasteiger partial charge in [-0.05, 0) is 108 Å². The summed E-state index contributed by atoms with van der Waals surface area (Å²) < 4.78 is 10.0. The number of carbonyl (C=O) groups is 4. The van der Waals surface area contributed by atoms with Crippen LogP contribution in [0, 0.1) is 0 Å². The Morgan fingerprint density at radius 3 is 1.50 bits per heavy atom. The summed E-state index contributed by atoms with van der Waals surface area (Å²) in [5.74, 6) is -0.811. The number of amides is 2. The number of methoxy groups -OCH3 is 1. The third-order valence-electron chi connectivity index (χ3n) is 9.21. The van der Waals surface area contributed by atoms with Crippen molar-refractivity contribution in [2.75, 3.05) is 37.4 Å². The predicted molar refractivity (Wildman–Crippen MR) is 236 cm³/mol. The van der Waals surface area contributed by atoms with Crippen molar-refractivity contribution in [3.8, 4) is 11.5 Å². The lowest BCUT2D eigenvalue weighted by Gasteiger charge is -2.22. The number of esters is 1. The summed E-state index contributed by atoms with van der Waals surface area (Å²) in [5.41, 5.74) is 4.11. The Labute approximate surface area is 363 Å². The molecule has 4 rings (SSSR count). The molecule has 4 aromatic rings. The van der Waals surface area contributed by atoms with Gasteiger partial charge in [-0.2, -0.15) is 0 Å². The normalized spacial score (nSPS) is 11.4. The number of benzene rings is 2. The van der Waals surface area contributed by atoms with Crippen LogP contribution >= 0.6 is 0 Å². The quantitative estimate of drug-likeness (QED) is 0.0386. The van der Waals surface area contributed by atoms with Gasteiger partial charge in [-0.15, -0.1) is 0 Å². The van der Waals surface area contributed by atoms with E-state index in [1.165, 1.54) is 7.11 Å². The van der Waals surface area contributed by atoms with Crippen LogP contribution in [0.2, 0.25) is 0 Å². The highest BCUT2D eigenvalue weighted by molar-refractivity contribution is 5.99. The van der Waals surface area contributed by atoms with E-state index >= 15 is 0 Å². The van der Waals surface area contributed by atoms with Gasteiger partial charge < -0.3 is 46.1 Å². The average molecular weight is 859 g/mol. The molecule has 1 atom stereocenters. The van der Waals surface area contributed by atoms with E-state index in [9.17, 15) is 34.5 Å². The van der Waals surface area contributed by atoms with E-state index < -0.39 is 35.6 Å². The number of hydrogen-bond donors (Lipinski definition) is 7. The SMILES string of the molecule is CCc1nc(NCCCc2cccc(O)c2)nc(CC)c1C(=O)N[C@@H](CNC(=O)OC(C)(C)C)C(=O)OC.CCc1nc(NCCCc2cccc(O)c2)nc(CC)c1C(=O)O. The lowest BCUT2D eigenvalue weighted by molar-refractivity contribution is -0.142. The smallest absolute Gasteiger partial charge is 0.407 e. The fraction of sp³-hybridized carbons (Fsp3) is 0.467. The Bertz CT molecular complexity index is 2070. The second-order valence-electron chi connectivity index (χ2n) is 15.2. The maximum Gasteiger partial charge on any atom is 0.407 e. The number of aromatic nitrogens is 4. The third kappa shape index (κ3) is 16.2. The second kappa shape index (κ2) is 24.7. The van der Waals surface area contributed by atoms with Crippen molar-refractivity contribution in [2.45, 2.75) is 111 Å². The molecule has 0 unspecified atom stereocenters. The number of phenolic OH excluding ortho intramolecular Hbond substituents is 2. The molecule has 0 saturated carbocycles. The van der Waals surface area contributed by atoms with Crippen LogP contribution < -0.4 is 21.3 Å². The minimum Gasteiger partial charge on any atom is -0.508 e. The first-order chi connectivity index (χ1) is 29.5. The van der Waals surface area contributed by atoms with Crippen LogP contribution in [0.25, 0.3) is 0 Å². The Balaban J connectivity index is 0.000000365. The molecule has 0 radical (unpaired) electrons. The topological polar surface area (TPSA) is 247 Å². The van der Waals surface area contributed by atoms with Gasteiger partial charge in [0.1, 0.15) is 28.7 Å². The Morgan fingerprint density at radius 1 is 0.694 bits per heavy atom. The number of hydrogen-bond acceptors (Lipinski definition) is 14. The zero-order chi connectivity index (χ0) is 45.8. The van der Waals surface area contributed by atoms with E-state index in [0.717, 1.165) is 36.8 Å². The van der Waals surface area contributed by atoms with Gasteiger partial charge in [0.25, 0.3) is 5.91 Å². The van der Waals surface area contributed by atoms with Crippen molar-refractivity contribution in [1.82, 2.24) is 30.6 Å². The largest absolute Gasteiger partial charge is 0.508 e. The van der Waals surface area contributed by atoms with Crippen molar-refractivity contribution in [2.24, 2.45) is 0 Å². The Kier molecular flexibility index (Phi) is 19.8. The van der Waals surface area contributed by atoms with Crippen molar-refractivity contribution < 1.29 is 44.0 Å². The van der Waals surface area contributed by atoms with Crippen molar-refractivity contribution in [3.63, 3.8) is 0 Å². The summed E-state index contributed by atoms with van der Waals surface area (Å²) in [6.07, 6.45) is 4.58. The summed E-state index contributed by atoms with van der Waals surface area (Å²) in [6.45, 7) is 13.8. The number of aromatic carboxylic acids is 1. The van der Waals surface area contributed by atoms with Crippen LogP contribution in [0.4, 0.5) is 16.7 Å². The molecule has 0 aliphatic carbocycles. The number of carboxylic acid groups (broad SMARTS) is 1. The number of aryl methyl sites for hydroxylation is 6. The number of nitrogens with one attached hydrogen (secondary N) is 4. The predicted octanol–water partition coefficient (Wildman–Crippen LogP) is 6.20. The number of anilines is 2. The molecular formula is C45H62N8O9. The van der Waals surface area contributed by atoms with E-state index in [2.05, 4.69) is 41.2 Å². The van der Waals surface area contributed by atoms with Gasteiger partial charge in [0.2, 0.25) is 11.9 Å². The lowest BCUT2D eigenvalue weighted by Crippen LogP contribution is -2.50. The molecule has 2 aromatic heterocycles. The fourth-order valence-electron chi connectivity index (χ4n) is 6.28. The zero-order valence-corrected chi connectivity index (χ0v) is 37.1. The molecule has 0 fully saturated rings. The number of phenols is 2. The summed E-state index contributed by atoms with van der Waals surface area (Å²) in [4.78, 5) is 66.8. The van der Waals surface area contributed by atoms with Gasteiger partial charge in [-0.25, -0.2) is 34.3 Å². The minimum absolute atomic E-state index is 0.212. The molecule has 2 aromatic carbocycles. The molecule has 0 aliphatic heterocycles. The highest BCUT2D eigenvalue weighted by atomic mass is 16.6. The average Bonchev–Trinajstić information content (AvgIpc) is 3.23. The maximum absolute atomic E-state index is 13.3. The van der Waals surface area contributed by atoms with Gasteiger partial charge >= 0.3 is 18.0 Å². The number of alkyl carbamates (subject to hydrolysis) is 1. The Hall–Kier alpha value is -6.52. The first kappa shape index (κ1) is 49.8. The summed E-state index contributed by atoms with van der Waals surface area (Å²) in [5, 5.41) is 39.9. The highest BCUT2D eigenvalue weighted by Crippen LogP contribution is 2.19. The molecule has 0 saturated heterocycles. The molecule has 7 N–H and O–H groups in total. The number of aromatic hydroxyl groups is 2. The lowest BCUT2D eigenvalue weighted by atomic mass is 10.1. The van der Waals surface area contributed by atoms with E-state index in [1.54, 1.807) is 45.0 Å². The molecule has 62 heavy (non-hydrogen) atoms. The number of carboxylic acids is 1. The molecule has 0 bridgehead atoms. The molecule has 336 valence electrons. The van der Waals surface area contributed by atoms with Gasteiger partial charge in [0.05, 0.1) is 42.0 Å². The highest BCUT2D eigenvalue weighted by Gasteiger charge is 2.28. The summed E-state index contributed by atoms with van der Waals surface area (Å²) in [7, 11) is 1.20. The zero-order valence-electron chi connectivity index (χ0n) is 37.1. The van der Waals surface area contributed by atoms with E-state index in [-0.39, 0.29) is 23.6 Å². The van der Waals surface area contributed by atoms with E-state index in [0.29, 0.717) is 79.0 Å². The van der Waals surface area contributed by atoms with E-state index in [1.807, 2.05) is 52.0 Å². The van der Waals surface area contributed by atoms with Gasteiger partial charge in [-0.3, -0.25) is 4.79 Å². The monoisotopic (exact) mass is 858 g/mol. The summed E-state index contributed by atoms with van der Waals surface area (Å²) in [6, 6.07) is 13.2. The number of ether oxygens (including phenoxy) is 2. The molecule has 17 heteroatoms. The van der Waals surface area contributed by atoms with Crippen LogP contribution in [-0.2, 0) is 52.8 Å². The standard InChI is InChI=1S/C27H39N5O6.C18H23N3O3/c1-7-19-22(23(34)30-21(24(35)37-6)16-29-26(36)38-27(3,4)5)20(8-2)32-25(31-19)28-14-10-12-17-11-9-13-18(33)15-17;1-3-14-16(17(23)24)15(4-2)21-18(20-14)19-10-6-8-12-7-5-9-13(22)11-12/h9,11,13,15,21,33H,7-8,10,12,14,16H2,1-6H3,(H,29,36)(H,30,34)(H,28,31,32);5,7,9,11,22H,3-4,6,8,10H2,1-2H3,(H,23,24)(H,19,20,21)/t21-;/m0./s1. The number of rotatable bonds is 20. The number of nitrogens with zero attached hydrogens (tertiary/aromatic N) is 4. The molecule has 0 aliphatic rings. The van der Waals surface area contributed by atoms with E-state index in [4.69, 9.17) is 9.47 Å². The third-order valence-corrected chi connectivity index (χ3v) is 9.21. The van der Waals surface area contributed by atoms with Crippen LogP contribution in [0.5, 0.6) is 11.5 Å². The van der Waals surface area contributed by atoms with Gasteiger partial charge in [0, 0.05) is 13.1 Å². The van der Waals surface area contributed by atoms with Crippen LogP contribution in [0.3, 0.4) is 0 Å². The van der Waals surface area contributed by atoms with Crippen molar-refractivity contribution >= 4 is 35.8 Å². The van der Waals surface area contributed by atoms with Crippen LogP contribution in [-0.4, -0.2) is 97.6 Å². The molecule has 0 spiro atoms. The molecule has 2 heterocycles. The molecular weight excluding hydrogens is 797 g/mol. The fourth-order valence-corrected chi connectivity index (χ4v) is 6.28. The maximum atomic E-state index is 13.3. The number of carbonyl (C=O) groups excluding carboxylic acids is 3. The summed E-state index contributed by atoms with van der Waals surface area (Å²) >= 11 is 0. The van der Waals surface area contributed by atoms with Gasteiger partial charge in [-0.1, -0.05) is 52.0 Å². The second-order valence-corrected chi connectivity index (χ2v) is 15.2. The first-order valence-electron chi connectivity index (χ1n) is 20.9. The van der Waals surface area contributed by atoms with Gasteiger partial charge in [0.15, 0.2) is 0 Å².